The Hall–Kier alpha value is -1.30. The molecule has 5 heteroatoms. The van der Waals surface area contributed by atoms with Gasteiger partial charge in [0.15, 0.2) is 12.1 Å². The van der Waals surface area contributed by atoms with Crippen molar-refractivity contribution in [3.8, 4) is 0 Å². The van der Waals surface area contributed by atoms with E-state index in [-0.39, 0.29) is 17.6 Å². The van der Waals surface area contributed by atoms with Gasteiger partial charge < -0.3 is 14.6 Å². The van der Waals surface area contributed by atoms with Gasteiger partial charge in [-0.2, -0.15) is 0 Å². The molecule has 3 unspecified atom stereocenters. The summed E-state index contributed by atoms with van der Waals surface area (Å²) < 4.78 is 11.8. The fourth-order valence-electron chi connectivity index (χ4n) is 10.6. The third kappa shape index (κ3) is 5.24. The van der Waals surface area contributed by atoms with Gasteiger partial charge in [0.1, 0.15) is 5.78 Å². The van der Waals surface area contributed by atoms with E-state index >= 15 is 0 Å². The lowest BCUT2D eigenvalue weighted by Gasteiger charge is -2.56. The van der Waals surface area contributed by atoms with E-state index in [9.17, 15) is 14.7 Å². The van der Waals surface area contributed by atoms with Gasteiger partial charge in [-0.25, -0.2) is 0 Å². The van der Waals surface area contributed by atoms with Gasteiger partial charge in [0.05, 0.1) is 5.60 Å². The minimum atomic E-state index is -0.652. The van der Waals surface area contributed by atoms with Crippen LogP contribution in [0.3, 0.4) is 0 Å². The molecule has 226 valence electrons. The Kier molecular flexibility index (Phi) is 7.86. The van der Waals surface area contributed by atoms with E-state index in [4.69, 9.17) is 9.47 Å². The number of carbonyl (C=O) groups is 2. The number of ketones is 2. The molecular weight excluding hydrogens is 512 g/mol. The zero-order valence-corrected chi connectivity index (χ0v) is 25.3. The molecule has 1 saturated heterocycles. The molecule has 0 aromatic heterocycles. The van der Waals surface area contributed by atoms with Gasteiger partial charge in [0.2, 0.25) is 0 Å². The number of allylic oxidation sites excluding steroid dienone is 4. The number of rotatable bonds is 8. The monoisotopic (exact) mass is 564 g/mol. The van der Waals surface area contributed by atoms with E-state index in [0.717, 1.165) is 109 Å². The van der Waals surface area contributed by atoms with Crippen LogP contribution in [0.15, 0.2) is 22.8 Å². The molecule has 6 atom stereocenters. The fraction of sp³-hybridized carbons (Fsp3) is 0.833. The maximum absolute atomic E-state index is 12.9. The predicted molar refractivity (Wildman–Crippen MR) is 158 cm³/mol. The Morgan fingerprint density at radius 3 is 2.49 bits per heavy atom. The van der Waals surface area contributed by atoms with Crippen LogP contribution in [0.5, 0.6) is 0 Å². The van der Waals surface area contributed by atoms with Crippen LogP contribution in [0.1, 0.15) is 122 Å². The van der Waals surface area contributed by atoms with Gasteiger partial charge in [-0.05, 0) is 150 Å². The number of hydrogen-bond acceptors (Lipinski definition) is 5. The highest BCUT2D eigenvalue weighted by Gasteiger charge is 2.63. The third-order valence-corrected chi connectivity index (χ3v) is 13.0. The molecule has 0 amide bonds. The Morgan fingerprint density at radius 2 is 1.76 bits per heavy atom. The lowest BCUT2D eigenvalue weighted by Crippen LogP contribution is -2.53. The number of hydrogen-bond donors (Lipinski definition) is 1. The van der Waals surface area contributed by atoms with Gasteiger partial charge in [-0.3, -0.25) is 9.59 Å². The van der Waals surface area contributed by atoms with Gasteiger partial charge >= 0.3 is 0 Å². The van der Waals surface area contributed by atoms with Crippen molar-refractivity contribution in [2.75, 3.05) is 13.2 Å². The van der Waals surface area contributed by atoms with E-state index in [1.807, 2.05) is 6.08 Å². The molecule has 0 spiro atoms. The van der Waals surface area contributed by atoms with Crippen molar-refractivity contribution in [3.63, 3.8) is 0 Å². The van der Waals surface area contributed by atoms with E-state index in [2.05, 4.69) is 6.92 Å². The first-order valence-corrected chi connectivity index (χ1v) is 17.3. The van der Waals surface area contributed by atoms with Crippen LogP contribution in [0.25, 0.3) is 0 Å². The molecule has 7 aliphatic rings. The highest BCUT2D eigenvalue weighted by atomic mass is 16.7. The van der Waals surface area contributed by atoms with Crippen LogP contribution in [0, 0.1) is 40.9 Å². The quantitative estimate of drug-likeness (QED) is 0.314. The number of fused-ring (bicyclic) bond motifs is 4. The Morgan fingerprint density at radius 1 is 0.976 bits per heavy atom. The summed E-state index contributed by atoms with van der Waals surface area (Å²) in [6, 6.07) is 0. The van der Waals surface area contributed by atoms with Crippen molar-refractivity contribution in [3.05, 3.63) is 22.8 Å². The van der Waals surface area contributed by atoms with Crippen molar-refractivity contribution in [2.45, 2.75) is 134 Å². The summed E-state index contributed by atoms with van der Waals surface area (Å²) in [5.41, 5.74) is 3.80. The standard InChI is InChI=1S/C36H52O5/c1-35-22-30(23-6-8-24(9-7-23)34(38)25-10-11-25)33-28-15-13-27(37)21-26(28)12-14-29(33)31(35)16-18-36(35,39)17-4-20-41-32-5-2-3-19-40-32/h21,23-25,29-32,39H,2-20,22H2,1H3/t23?,24?,29?,30-,31?,32?,35+,36+/m1/s1. The summed E-state index contributed by atoms with van der Waals surface area (Å²) in [5, 5.41) is 12.4. The molecule has 5 nitrogen and oxygen atoms in total. The van der Waals surface area contributed by atoms with Gasteiger partial charge in [0.25, 0.3) is 0 Å². The second kappa shape index (κ2) is 11.3. The van der Waals surface area contributed by atoms with Gasteiger partial charge in [-0.1, -0.05) is 12.5 Å². The van der Waals surface area contributed by atoms with Crippen LogP contribution in [-0.2, 0) is 19.1 Å². The lowest BCUT2D eigenvalue weighted by molar-refractivity contribution is -0.167. The minimum absolute atomic E-state index is 0.0627. The molecule has 1 heterocycles. The smallest absolute Gasteiger partial charge is 0.157 e. The highest BCUT2D eigenvalue weighted by molar-refractivity contribution is 5.93. The van der Waals surface area contributed by atoms with Crippen LogP contribution in [0.2, 0.25) is 0 Å². The second-order valence-electron chi connectivity index (χ2n) is 15.2. The molecule has 1 aliphatic heterocycles. The second-order valence-corrected chi connectivity index (χ2v) is 15.2. The van der Waals surface area contributed by atoms with Crippen molar-refractivity contribution in [1.82, 2.24) is 0 Å². The highest BCUT2D eigenvalue weighted by Crippen LogP contribution is 2.67. The zero-order chi connectivity index (χ0) is 28.2. The SMILES string of the molecule is C[C@]12C[C@H](C3CCC(C(=O)C4CC4)CC3)C3=C4CCC(=O)C=C4CCC3C1CC[C@@]2(O)CCCOC1CCCCO1. The first kappa shape index (κ1) is 28.5. The van der Waals surface area contributed by atoms with Crippen molar-refractivity contribution in [2.24, 2.45) is 40.9 Å². The first-order chi connectivity index (χ1) is 19.9. The molecule has 0 aromatic rings. The Bertz CT molecular complexity index is 1090. The summed E-state index contributed by atoms with van der Waals surface area (Å²) in [6.07, 6.45) is 20.3. The Balaban J connectivity index is 1.12. The van der Waals surface area contributed by atoms with E-state index in [1.165, 1.54) is 17.6 Å². The van der Waals surface area contributed by atoms with Crippen LogP contribution < -0.4 is 0 Å². The maximum atomic E-state index is 12.9. The molecule has 41 heavy (non-hydrogen) atoms. The third-order valence-electron chi connectivity index (χ3n) is 13.0. The summed E-state index contributed by atoms with van der Waals surface area (Å²) in [6.45, 7) is 3.90. The maximum Gasteiger partial charge on any atom is 0.157 e. The number of ether oxygens (including phenoxy) is 2. The number of Topliss-reactive ketones (excluding diaryl/α,β-unsaturated/α-hetero) is 1. The summed E-state index contributed by atoms with van der Waals surface area (Å²) in [7, 11) is 0. The van der Waals surface area contributed by atoms with Crippen molar-refractivity contribution in [1.29, 1.82) is 0 Å². The minimum Gasteiger partial charge on any atom is -0.389 e. The number of aliphatic hydroxyl groups is 1. The first-order valence-electron chi connectivity index (χ1n) is 17.3. The average Bonchev–Trinajstić information content (AvgIpc) is 3.80. The lowest BCUT2D eigenvalue weighted by atomic mass is 9.49. The van der Waals surface area contributed by atoms with Crippen LogP contribution >= 0.6 is 0 Å². The molecule has 0 bridgehead atoms. The average molecular weight is 565 g/mol. The topological polar surface area (TPSA) is 72.8 Å². The van der Waals surface area contributed by atoms with E-state index in [1.54, 1.807) is 5.57 Å². The predicted octanol–water partition coefficient (Wildman–Crippen LogP) is 7.26. The van der Waals surface area contributed by atoms with E-state index < -0.39 is 5.60 Å². The molecule has 0 radical (unpaired) electrons. The van der Waals surface area contributed by atoms with Crippen LogP contribution in [-0.4, -0.2) is 41.8 Å². The van der Waals surface area contributed by atoms with Gasteiger partial charge in [-0.15, -0.1) is 0 Å². The molecule has 5 fully saturated rings. The zero-order valence-electron chi connectivity index (χ0n) is 25.3. The van der Waals surface area contributed by atoms with E-state index in [0.29, 0.717) is 54.2 Å². The fourth-order valence-corrected chi connectivity index (χ4v) is 10.6. The molecular formula is C36H52O5. The Labute approximate surface area is 246 Å². The molecule has 6 aliphatic carbocycles. The molecule has 1 N–H and O–H groups in total. The van der Waals surface area contributed by atoms with Crippen molar-refractivity contribution < 1.29 is 24.2 Å². The largest absolute Gasteiger partial charge is 0.389 e. The normalized spacial score (nSPS) is 42.8. The molecule has 0 aromatic carbocycles. The molecule has 4 saturated carbocycles. The van der Waals surface area contributed by atoms with Gasteiger partial charge in [0, 0.05) is 36.9 Å². The summed E-state index contributed by atoms with van der Waals surface area (Å²) >= 11 is 0. The van der Waals surface area contributed by atoms with Crippen LogP contribution in [0.4, 0.5) is 0 Å². The molecule has 7 rings (SSSR count). The number of carbonyl (C=O) groups excluding carboxylic acids is 2. The summed E-state index contributed by atoms with van der Waals surface area (Å²) in [4.78, 5) is 25.3. The summed E-state index contributed by atoms with van der Waals surface area (Å²) in [5.74, 6) is 3.62. The van der Waals surface area contributed by atoms with Crippen molar-refractivity contribution >= 4 is 11.6 Å².